The molecule has 0 spiro atoms. The van der Waals surface area contributed by atoms with Crippen LogP contribution in [0.1, 0.15) is 38.9 Å². The van der Waals surface area contributed by atoms with Crippen LogP contribution in [0.5, 0.6) is 0 Å². The number of carbonyl (C=O) groups is 1. The maximum absolute atomic E-state index is 12.8. The van der Waals surface area contributed by atoms with Crippen molar-refractivity contribution in [3.05, 3.63) is 89.0 Å². The normalized spacial score (nSPS) is 12.0. The first-order valence-electron chi connectivity index (χ1n) is 7.96. The molecule has 0 aliphatic carbocycles. The third-order valence-corrected chi connectivity index (χ3v) is 4.29. The van der Waals surface area contributed by atoms with Crippen molar-refractivity contribution < 1.29 is 4.79 Å². The molecule has 1 N–H and O–H groups in total. The van der Waals surface area contributed by atoms with Crippen molar-refractivity contribution in [2.24, 2.45) is 7.05 Å². The van der Waals surface area contributed by atoms with Gasteiger partial charge in [-0.05, 0) is 42.7 Å². The molecular weight excluding hydrogens is 298 g/mol. The van der Waals surface area contributed by atoms with E-state index in [4.69, 9.17) is 0 Å². The first-order valence-corrected chi connectivity index (χ1v) is 7.96. The topological polar surface area (TPSA) is 46.9 Å². The summed E-state index contributed by atoms with van der Waals surface area (Å²) in [5, 5.41) is 3.12. The Kier molecular flexibility index (Phi) is 4.47. The monoisotopic (exact) mass is 319 g/mol. The third-order valence-electron chi connectivity index (χ3n) is 4.29. The SMILES string of the molecule is Cc1ccc(C(=O)NC(c2ccccc2)c2nccn2C)cc1C. The Morgan fingerprint density at radius 2 is 1.83 bits per heavy atom. The maximum atomic E-state index is 12.8. The van der Waals surface area contributed by atoms with Crippen LogP contribution in [0, 0.1) is 13.8 Å². The molecule has 4 heteroatoms. The summed E-state index contributed by atoms with van der Waals surface area (Å²) in [6, 6.07) is 15.4. The predicted molar refractivity (Wildman–Crippen MR) is 94.9 cm³/mol. The van der Waals surface area contributed by atoms with Gasteiger partial charge in [0.15, 0.2) is 0 Å². The highest BCUT2D eigenvalue weighted by molar-refractivity contribution is 5.94. The van der Waals surface area contributed by atoms with Gasteiger partial charge in [-0.1, -0.05) is 36.4 Å². The number of nitrogens with zero attached hydrogens (tertiary/aromatic N) is 2. The molecule has 1 unspecified atom stereocenters. The number of nitrogens with one attached hydrogen (secondary N) is 1. The van der Waals surface area contributed by atoms with Gasteiger partial charge in [-0.25, -0.2) is 4.98 Å². The summed E-state index contributed by atoms with van der Waals surface area (Å²) in [5.41, 5.74) is 3.95. The van der Waals surface area contributed by atoms with E-state index in [0.29, 0.717) is 5.56 Å². The number of carbonyl (C=O) groups excluding carboxylic acids is 1. The molecule has 0 saturated carbocycles. The van der Waals surface area contributed by atoms with Crippen LogP contribution in [0.4, 0.5) is 0 Å². The van der Waals surface area contributed by atoms with Gasteiger partial charge in [-0.15, -0.1) is 0 Å². The number of hydrogen-bond acceptors (Lipinski definition) is 2. The number of aromatic nitrogens is 2. The second-order valence-electron chi connectivity index (χ2n) is 6.01. The van der Waals surface area contributed by atoms with Gasteiger partial charge >= 0.3 is 0 Å². The van der Waals surface area contributed by atoms with E-state index in [0.717, 1.165) is 17.0 Å². The number of benzene rings is 2. The maximum Gasteiger partial charge on any atom is 0.252 e. The molecule has 0 aliphatic rings. The smallest absolute Gasteiger partial charge is 0.252 e. The minimum atomic E-state index is -0.291. The molecule has 0 bridgehead atoms. The van der Waals surface area contributed by atoms with Crippen LogP contribution in [0.25, 0.3) is 0 Å². The highest BCUT2D eigenvalue weighted by atomic mass is 16.1. The standard InChI is InChI=1S/C20H21N3O/c1-14-9-10-17(13-15(14)2)20(24)22-18(16-7-5-4-6-8-16)19-21-11-12-23(19)3/h4-13,18H,1-3H3,(H,22,24). The minimum Gasteiger partial charge on any atom is -0.338 e. The van der Waals surface area contributed by atoms with Gasteiger partial charge in [0.1, 0.15) is 11.9 Å². The fourth-order valence-corrected chi connectivity index (χ4v) is 2.69. The van der Waals surface area contributed by atoms with Crippen molar-refractivity contribution in [2.45, 2.75) is 19.9 Å². The largest absolute Gasteiger partial charge is 0.338 e. The summed E-state index contributed by atoms with van der Waals surface area (Å²) in [6.07, 6.45) is 3.63. The number of rotatable bonds is 4. The second-order valence-corrected chi connectivity index (χ2v) is 6.01. The number of hydrogen-bond donors (Lipinski definition) is 1. The van der Waals surface area contributed by atoms with E-state index in [-0.39, 0.29) is 11.9 Å². The fraction of sp³-hybridized carbons (Fsp3) is 0.200. The molecule has 1 heterocycles. The summed E-state index contributed by atoms with van der Waals surface area (Å²) in [6.45, 7) is 4.05. The van der Waals surface area contributed by atoms with Crippen LogP contribution in [-0.4, -0.2) is 15.5 Å². The van der Waals surface area contributed by atoms with E-state index in [1.54, 1.807) is 6.20 Å². The Balaban J connectivity index is 1.93. The highest BCUT2D eigenvalue weighted by Crippen LogP contribution is 2.21. The summed E-state index contributed by atoms with van der Waals surface area (Å²) in [5.74, 6) is 0.702. The van der Waals surface area contributed by atoms with E-state index in [1.807, 2.05) is 80.2 Å². The Labute approximate surface area is 142 Å². The summed E-state index contributed by atoms with van der Waals surface area (Å²) in [7, 11) is 1.93. The molecular formula is C20H21N3O. The number of imidazole rings is 1. The second kappa shape index (κ2) is 6.71. The van der Waals surface area contributed by atoms with Gasteiger partial charge < -0.3 is 9.88 Å². The van der Waals surface area contributed by atoms with E-state index in [1.165, 1.54) is 5.56 Å². The van der Waals surface area contributed by atoms with E-state index < -0.39 is 0 Å². The molecule has 0 saturated heterocycles. The lowest BCUT2D eigenvalue weighted by Gasteiger charge is -2.19. The molecule has 3 rings (SSSR count). The fourth-order valence-electron chi connectivity index (χ4n) is 2.69. The van der Waals surface area contributed by atoms with Crippen LogP contribution >= 0.6 is 0 Å². The Morgan fingerprint density at radius 3 is 2.46 bits per heavy atom. The first kappa shape index (κ1) is 16.0. The quantitative estimate of drug-likeness (QED) is 0.799. The summed E-state index contributed by atoms with van der Waals surface area (Å²) in [4.78, 5) is 17.2. The summed E-state index contributed by atoms with van der Waals surface area (Å²) < 4.78 is 1.93. The lowest BCUT2D eigenvalue weighted by molar-refractivity contribution is 0.0941. The Bertz CT molecular complexity index is 852. The van der Waals surface area contributed by atoms with Crippen LogP contribution in [0.15, 0.2) is 60.9 Å². The molecule has 3 aromatic rings. The van der Waals surface area contributed by atoms with Gasteiger partial charge in [-0.2, -0.15) is 0 Å². The summed E-state index contributed by atoms with van der Waals surface area (Å²) >= 11 is 0. The molecule has 24 heavy (non-hydrogen) atoms. The van der Waals surface area contributed by atoms with Crippen molar-refractivity contribution >= 4 is 5.91 Å². The Morgan fingerprint density at radius 1 is 1.08 bits per heavy atom. The number of amides is 1. The lowest BCUT2D eigenvalue weighted by Crippen LogP contribution is -2.31. The van der Waals surface area contributed by atoms with Crippen molar-refractivity contribution in [1.29, 1.82) is 0 Å². The average molecular weight is 319 g/mol. The van der Waals surface area contributed by atoms with Crippen molar-refractivity contribution in [3.8, 4) is 0 Å². The van der Waals surface area contributed by atoms with Crippen LogP contribution in [0.2, 0.25) is 0 Å². The Hall–Kier alpha value is -2.88. The third kappa shape index (κ3) is 3.23. The van der Waals surface area contributed by atoms with Gasteiger partial charge in [0.05, 0.1) is 0 Å². The average Bonchev–Trinajstić information content (AvgIpc) is 3.01. The zero-order chi connectivity index (χ0) is 17.1. The molecule has 122 valence electrons. The van der Waals surface area contributed by atoms with Crippen LogP contribution in [0.3, 0.4) is 0 Å². The highest BCUT2D eigenvalue weighted by Gasteiger charge is 2.21. The van der Waals surface area contributed by atoms with E-state index >= 15 is 0 Å². The van der Waals surface area contributed by atoms with Crippen LogP contribution < -0.4 is 5.32 Å². The van der Waals surface area contributed by atoms with Gasteiger partial charge in [0, 0.05) is 25.0 Å². The van der Waals surface area contributed by atoms with Gasteiger partial charge in [-0.3, -0.25) is 4.79 Å². The zero-order valence-corrected chi connectivity index (χ0v) is 14.2. The van der Waals surface area contributed by atoms with E-state index in [2.05, 4.69) is 10.3 Å². The van der Waals surface area contributed by atoms with Crippen molar-refractivity contribution in [3.63, 3.8) is 0 Å². The molecule has 2 aromatic carbocycles. The molecule has 0 aliphatic heterocycles. The molecule has 1 aromatic heterocycles. The molecule has 1 atom stereocenters. The first-order chi connectivity index (χ1) is 11.6. The van der Waals surface area contributed by atoms with Crippen molar-refractivity contribution in [1.82, 2.24) is 14.9 Å². The minimum absolute atomic E-state index is 0.102. The lowest BCUT2D eigenvalue weighted by atomic mass is 10.0. The number of aryl methyl sites for hydroxylation is 3. The molecule has 0 radical (unpaired) electrons. The predicted octanol–water partition coefficient (Wildman–Crippen LogP) is 3.56. The molecule has 4 nitrogen and oxygen atoms in total. The van der Waals surface area contributed by atoms with E-state index in [9.17, 15) is 4.79 Å². The van der Waals surface area contributed by atoms with Crippen molar-refractivity contribution in [2.75, 3.05) is 0 Å². The van der Waals surface area contributed by atoms with Gasteiger partial charge in [0.25, 0.3) is 5.91 Å². The van der Waals surface area contributed by atoms with Gasteiger partial charge in [0.2, 0.25) is 0 Å². The zero-order valence-electron chi connectivity index (χ0n) is 14.2. The molecule has 1 amide bonds. The molecule has 0 fully saturated rings. The van der Waals surface area contributed by atoms with Crippen LogP contribution in [-0.2, 0) is 7.05 Å².